The van der Waals surface area contributed by atoms with Gasteiger partial charge in [0, 0.05) is 19.4 Å². The lowest BCUT2D eigenvalue weighted by molar-refractivity contribution is -0.140. The summed E-state index contributed by atoms with van der Waals surface area (Å²) in [6.45, 7) is 11.5. The first-order valence-corrected chi connectivity index (χ1v) is 9.34. The second kappa shape index (κ2) is 8.00. The predicted octanol–water partition coefficient (Wildman–Crippen LogP) is 2.70. The van der Waals surface area contributed by atoms with Gasteiger partial charge in [-0.25, -0.2) is 9.59 Å². The van der Waals surface area contributed by atoms with Gasteiger partial charge in [-0.05, 0) is 26.0 Å². The van der Waals surface area contributed by atoms with Crippen LogP contribution in [0.2, 0.25) is 0 Å². The average molecular weight is 402 g/mol. The van der Waals surface area contributed by atoms with Gasteiger partial charge in [-0.3, -0.25) is 0 Å². The van der Waals surface area contributed by atoms with E-state index in [0.717, 1.165) is 0 Å². The van der Waals surface area contributed by atoms with Gasteiger partial charge in [0.15, 0.2) is 0 Å². The first kappa shape index (κ1) is 21.1. The van der Waals surface area contributed by atoms with Crippen LogP contribution >= 0.6 is 0 Å². The number of ether oxygens (including phenoxy) is 3. The quantitative estimate of drug-likeness (QED) is 0.611. The second-order valence-electron chi connectivity index (χ2n) is 7.60. The molecule has 2 aliphatic rings. The molecule has 1 N–H and O–H groups in total. The highest BCUT2D eigenvalue weighted by atomic mass is 16.6. The Hall–Kier alpha value is -2.64. The molecule has 2 aliphatic heterocycles. The average Bonchev–Trinajstić information content (AvgIpc) is 3.19. The Labute approximate surface area is 169 Å². The third-order valence-corrected chi connectivity index (χ3v) is 5.54. The van der Waals surface area contributed by atoms with Gasteiger partial charge in [0.05, 0.1) is 24.7 Å². The minimum absolute atomic E-state index is 0.213. The van der Waals surface area contributed by atoms with Crippen LogP contribution in [-0.4, -0.2) is 49.6 Å². The van der Waals surface area contributed by atoms with Crippen LogP contribution in [0.3, 0.4) is 0 Å². The first-order valence-electron chi connectivity index (χ1n) is 9.34. The van der Waals surface area contributed by atoms with Crippen molar-refractivity contribution in [3.8, 4) is 0 Å². The van der Waals surface area contributed by atoms with Crippen molar-refractivity contribution in [1.29, 1.82) is 0 Å². The van der Waals surface area contributed by atoms with E-state index in [1.165, 1.54) is 20.3 Å². The van der Waals surface area contributed by atoms with Gasteiger partial charge in [0.25, 0.3) is 0 Å². The molecule has 3 heterocycles. The van der Waals surface area contributed by atoms with Crippen molar-refractivity contribution in [3.63, 3.8) is 0 Å². The van der Waals surface area contributed by atoms with Crippen LogP contribution in [0.15, 0.2) is 46.4 Å². The fourth-order valence-electron chi connectivity index (χ4n) is 4.02. The lowest BCUT2D eigenvalue weighted by Crippen LogP contribution is -2.32. The molecule has 0 aliphatic carbocycles. The number of rotatable bonds is 4. The molecule has 1 aromatic heterocycles. The maximum absolute atomic E-state index is 12.6. The number of methoxy groups -OCH3 is 2. The lowest BCUT2D eigenvalue weighted by atomic mass is 9.85. The summed E-state index contributed by atoms with van der Waals surface area (Å²) >= 11 is 0. The number of furan rings is 1. The minimum Gasteiger partial charge on any atom is -0.465 e. The van der Waals surface area contributed by atoms with Crippen LogP contribution in [-0.2, 0) is 25.4 Å². The second-order valence-corrected chi connectivity index (χ2v) is 7.60. The molecule has 0 saturated carbocycles. The molecule has 5 atom stereocenters. The van der Waals surface area contributed by atoms with Gasteiger partial charge in [-0.2, -0.15) is 0 Å². The molecule has 1 aromatic rings. The minimum atomic E-state index is -1.05. The summed E-state index contributed by atoms with van der Waals surface area (Å²) in [5, 5.41) is 10.9. The van der Waals surface area contributed by atoms with Gasteiger partial charge in [-0.1, -0.05) is 24.3 Å². The zero-order chi connectivity index (χ0) is 21.5. The zero-order valence-electron chi connectivity index (χ0n) is 17.1. The highest BCUT2D eigenvalue weighted by molar-refractivity contribution is 5.93. The van der Waals surface area contributed by atoms with Crippen LogP contribution in [0.25, 0.3) is 0 Å². The molecule has 1 fully saturated rings. The van der Waals surface area contributed by atoms with E-state index in [9.17, 15) is 14.7 Å². The van der Waals surface area contributed by atoms with Crippen molar-refractivity contribution in [2.24, 2.45) is 5.92 Å². The number of fused-ring (bicyclic) bond motifs is 4. The smallest absolute Gasteiger partial charge is 0.341 e. The Bertz CT molecular complexity index is 891. The summed E-state index contributed by atoms with van der Waals surface area (Å²) in [4.78, 5) is 24.9. The van der Waals surface area contributed by atoms with E-state index < -0.39 is 42.1 Å². The van der Waals surface area contributed by atoms with E-state index in [2.05, 4.69) is 13.2 Å². The highest BCUT2D eigenvalue weighted by Crippen LogP contribution is 2.41. The molecule has 156 valence electrons. The summed E-state index contributed by atoms with van der Waals surface area (Å²) < 4.78 is 22.1. The lowest BCUT2D eigenvalue weighted by Gasteiger charge is -2.25. The van der Waals surface area contributed by atoms with Crippen molar-refractivity contribution >= 4 is 11.9 Å². The standard InChI is InChI=1S/C22H26O7/c1-10(2)12-8-16-13(21(24)27-6)9-17(28-16)18(11(3)4)20-19(26-5)14(7-15(12)23)22(25)29-20/h7,9,12,15,18-20,23H,1,3,8H2,2,4-6H3/b14-7+/t12-,15+,18+,19-,20+/m1/s1. The third kappa shape index (κ3) is 3.68. The van der Waals surface area contributed by atoms with Crippen LogP contribution in [0, 0.1) is 5.92 Å². The van der Waals surface area contributed by atoms with E-state index in [1.54, 1.807) is 19.9 Å². The van der Waals surface area contributed by atoms with Gasteiger partial charge in [0.1, 0.15) is 29.3 Å². The zero-order valence-corrected chi connectivity index (χ0v) is 17.1. The van der Waals surface area contributed by atoms with Crippen molar-refractivity contribution in [2.45, 2.75) is 44.5 Å². The van der Waals surface area contributed by atoms with Crippen molar-refractivity contribution < 1.29 is 33.3 Å². The number of carbonyl (C=O) groups excluding carboxylic acids is 2. The van der Waals surface area contributed by atoms with E-state index in [0.29, 0.717) is 22.7 Å². The molecule has 7 heteroatoms. The van der Waals surface area contributed by atoms with E-state index in [4.69, 9.17) is 18.6 Å². The van der Waals surface area contributed by atoms with Crippen LogP contribution < -0.4 is 0 Å². The largest absolute Gasteiger partial charge is 0.465 e. The fourth-order valence-corrected chi connectivity index (χ4v) is 4.02. The number of esters is 2. The van der Waals surface area contributed by atoms with Gasteiger partial charge in [-0.15, -0.1) is 0 Å². The third-order valence-electron chi connectivity index (χ3n) is 5.54. The molecule has 1 saturated heterocycles. The van der Waals surface area contributed by atoms with Crippen molar-refractivity contribution in [2.75, 3.05) is 14.2 Å². The summed E-state index contributed by atoms with van der Waals surface area (Å²) in [5.74, 6) is -1.34. The topological polar surface area (TPSA) is 95.2 Å². The Balaban J connectivity index is 2.26. The summed E-state index contributed by atoms with van der Waals surface area (Å²) in [7, 11) is 2.76. The Morgan fingerprint density at radius 2 is 1.93 bits per heavy atom. The van der Waals surface area contributed by atoms with Crippen molar-refractivity contribution in [1.82, 2.24) is 0 Å². The molecular formula is C22H26O7. The van der Waals surface area contributed by atoms with Crippen molar-refractivity contribution in [3.05, 3.63) is 59.1 Å². The van der Waals surface area contributed by atoms with Crippen LogP contribution in [0.1, 0.15) is 41.6 Å². The molecule has 0 unspecified atom stereocenters. The summed E-state index contributed by atoms with van der Waals surface area (Å²) in [5.41, 5.74) is 1.87. The molecule has 4 bridgehead atoms. The number of carbonyl (C=O) groups is 2. The number of hydrogen-bond acceptors (Lipinski definition) is 7. The highest BCUT2D eigenvalue weighted by Gasteiger charge is 2.47. The number of aliphatic hydroxyl groups excluding tert-OH is 1. The van der Waals surface area contributed by atoms with Crippen LogP contribution in [0.4, 0.5) is 0 Å². The SMILES string of the molecule is C=C(C)[C@H]1Cc2oc(cc2C(=O)OC)[C@H](C(=C)C)[C@@H]2OC(=O)/C(=C/[C@@H]1O)[C@H]2OC. The molecule has 0 amide bonds. The molecule has 3 rings (SSSR count). The Morgan fingerprint density at radius 1 is 1.24 bits per heavy atom. The predicted molar refractivity (Wildman–Crippen MR) is 104 cm³/mol. The maximum atomic E-state index is 12.6. The maximum Gasteiger partial charge on any atom is 0.341 e. The summed E-state index contributed by atoms with van der Waals surface area (Å²) in [6.07, 6.45) is -0.846. The number of aliphatic hydroxyl groups is 1. The van der Waals surface area contributed by atoms with E-state index >= 15 is 0 Å². The van der Waals surface area contributed by atoms with E-state index in [1.807, 2.05) is 0 Å². The van der Waals surface area contributed by atoms with Gasteiger partial charge >= 0.3 is 11.9 Å². The van der Waals surface area contributed by atoms with Gasteiger partial charge in [0.2, 0.25) is 0 Å². The monoisotopic (exact) mass is 402 g/mol. The molecule has 7 nitrogen and oxygen atoms in total. The first-order chi connectivity index (χ1) is 13.7. The Morgan fingerprint density at radius 3 is 2.48 bits per heavy atom. The molecule has 0 aromatic carbocycles. The fraction of sp³-hybridized carbons (Fsp3) is 0.455. The van der Waals surface area contributed by atoms with Crippen LogP contribution in [0.5, 0.6) is 0 Å². The molecule has 0 spiro atoms. The molecule has 0 radical (unpaired) electrons. The van der Waals surface area contributed by atoms with Gasteiger partial charge < -0.3 is 23.7 Å². The van der Waals surface area contributed by atoms with E-state index in [-0.39, 0.29) is 17.6 Å². The molecule has 29 heavy (non-hydrogen) atoms. The normalized spacial score (nSPS) is 30.6. The summed E-state index contributed by atoms with van der Waals surface area (Å²) in [6, 6.07) is 1.59. The Kier molecular flexibility index (Phi) is 5.82. The molecular weight excluding hydrogens is 376 g/mol. The number of hydrogen-bond donors (Lipinski definition) is 1.